The molecule has 0 saturated heterocycles. The molecule has 1 radical (unpaired) electrons. The van der Waals surface area contributed by atoms with E-state index in [1.54, 1.807) is 0 Å². The van der Waals surface area contributed by atoms with Crippen LogP contribution in [0.5, 0.6) is 0 Å². The van der Waals surface area contributed by atoms with Crippen LogP contribution in [0.15, 0.2) is 0 Å². The molecule has 0 amide bonds. The molecule has 4 heteroatoms. The Kier molecular flexibility index (Phi) is 22.0. The molecule has 0 fully saturated rings. The van der Waals surface area contributed by atoms with Gasteiger partial charge in [0.25, 0.3) is 0 Å². The van der Waals surface area contributed by atoms with Crippen molar-refractivity contribution < 1.29 is 52.6 Å². The van der Waals surface area contributed by atoms with E-state index in [2.05, 4.69) is 0 Å². The number of halogens is 2. The average Bonchev–Trinajstić information content (AvgIpc) is 0.918. The fourth-order valence-electron chi connectivity index (χ4n) is 0. The third-order valence-corrected chi connectivity index (χ3v) is 0. The monoisotopic (exact) mass is 257 g/mol. The van der Waals surface area contributed by atoms with E-state index in [0.717, 1.165) is 0 Å². The van der Waals surface area contributed by atoms with Crippen molar-refractivity contribution in [2.45, 2.75) is 0 Å². The molecule has 0 aliphatic rings. The first-order chi connectivity index (χ1) is 1.41. The molecule has 0 heterocycles. The molecular formula is Cl2LaTi. The summed E-state index contributed by atoms with van der Waals surface area (Å²) in [5, 5.41) is 0. The first-order valence-corrected chi connectivity index (χ1v) is 4.68. The molecule has 0 rings (SSSR count). The standard InChI is InChI=1S/2ClH.La.Ti/h2*1H;;/q;;;+2/p-2. The molecule has 0 nitrogen and oxygen atoms in total. The van der Waals surface area contributed by atoms with E-state index in [-0.39, 0.29) is 35.6 Å². The van der Waals surface area contributed by atoms with Crippen LogP contribution in [0.3, 0.4) is 0 Å². The zero-order valence-corrected chi connectivity index (χ0v) is 8.53. The van der Waals surface area contributed by atoms with Gasteiger partial charge < -0.3 is 0 Å². The smallest absolute Gasteiger partial charge is 0 e. The van der Waals surface area contributed by atoms with Gasteiger partial charge in [0, 0.05) is 35.6 Å². The van der Waals surface area contributed by atoms with Gasteiger partial charge in [-0.1, -0.05) is 0 Å². The van der Waals surface area contributed by atoms with Crippen molar-refractivity contribution in [2.24, 2.45) is 0 Å². The van der Waals surface area contributed by atoms with Crippen LogP contribution < -0.4 is 0 Å². The Balaban J connectivity index is 0. The van der Waals surface area contributed by atoms with Gasteiger partial charge in [0.15, 0.2) is 0 Å². The first kappa shape index (κ1) is 9.70. The van der Waals surface area contributed by atoms with E-state index < -0.39 is 17.0 Å². The molecule has 0 N–H and O–H groups in total. The molecule has 0 bridgehead atoms. The molecule has 0 aromatic carbocycles. The summed E-state index contributed by atoms with van der Waals surface area (Å²) in [5.74, 6) is 0. The topological polar surface area (TPSA) is 0 Å². The van der Waals surface area contributed by atoms with E-state index in [9.17, 15) is 0 Å². The molecule has 0 aliphatic carbocycles. The number of rotatable bonds is 0. The first-order valence-electron chi connectivity index (χ1n) is 0.378. The Hall–Kier alpha value is 2.49. The SMILES string of the molecule is [Cl][Ti][Cl].[La]. The largest absolute Gasteiger partial charge is 0 e. The van der Waals surface area contributed by atoms with Crippen LogP contribution in [-0.2, 0) is 17.0 Å². The van der Waals surface area contributed by atoms with E-state index in [1.807, 2.05) is 0 Å². The molecule has 0 saturated carbocycles. The number of hydrogen-bond donors (Lipinski definition) is 0. The van der Waals surface area contributed by atoms with Crippen molar-refractivity contribution in [1.82, 2.24) is 0 Å². The maximum Gasteiger partial charge on any atom is 0 e. The number of hydrogen-bond acceptors (Lipinski definition) is 0. The van der Waals surface area contributed by atoms with Crippen molar-refractivity contribution in [3.05, 3.63) is 0 Å². The van der Waals surface area contributed by atoms with E-state index in [1.165, 1.54) is 0 Å². The zero-order valence-electron chi connectivity index (χ0n) is 1.83. The Morgan fingerprint density at radius 3 is 1.25 bits per heavy atom. The molecule has 0 aromatic rings. The molecule has 0 atom stereocenters. The summed E-state index contributed by atoms with van der Waals surface area (Å²) < 4.78 is 0. The Bertz CT molecular complexity index is 6.00. The van der Waals surface area contributed by atoms with Crippen molar-refractivity contribution in [3.8, 4) is 0 Å². The fourth-order valence-corrected chi connectivity index (χ4v) is 0. The molecule has 0 spiro atoms. The Morgan fingerprint density at radius 1 is 1.25 bits per heavy atom. The quantitative estimate of drug-likeness (QED) is 0.575. The maximum atomic E-state index is 4.89. The predicted octanol–water partition coefficient (Wildman–Crippen LogP) is 1.38. The minimum Gasteiger partial charge on any atom is 0 e. The minimum absolute atomic E-state index is 0. The van der Waals surface area contributed by atoms with Crippen LogP contribution in [-0.4, -0.2) is 0 Å². The van der Waals surface area contributed by atoms with Crippen molar-refractivity contribution >= 4 is 18.6 Å². The maximum absolute atomic E-state index is 4.89. The third-order valence-electron chi connectivity index (χ3n) is 0. The van der Waals surface area contributed by atoms with Crippen molar-refractivity contribution in [1.29, 1.82) is 0 Å². The van der Waals surface area contributed by atoms with Crippen LogP contribution in [0.2, 0.25) is 0 Å². The Morgan fingerprint density at radius 2 is 1.25 bits per heavy atom. The van der Waals surface area contributed by atoms with Crippen LogP contribution in [0.4, 0.5) is 0 Å². The normalized spacial score (nSPS) is 3.50. The second kappa shape index (κ2) is 9.09. The summed E-state index contributed by atoms with van der Waals surface area (Å²) in [5.41, 5.74) is 0. The van der Waals surface area contributed by atoms with Gasteiger partial charge in [-0.05, 0) is 0 Å². The van der Waals surface area contributed by atoms with Gasteiger partial charge in [-0.2, -0.15) is 0 Å². The Labute approximate surface area is 69.9 Å². The summed E-state index contributed by atoms with van der Waals surface area (Å²) in [6.07, 6.45) is 0. The van der Waals surface area contributed by atoms with Gasteiger partial charge in [0.1, 0.15) is 0 Å². The van der Waals surface area contributed by atoms with E-state index in [0.29, 0.717) is 0 Å². The fraction of sp³-hybridized carbons (Fsp3) is 0. The van der Waals surface area contributed by atoms with Gasteiger partial charge in [0.05, 0.1) is 0 Å². The van der Waals surface area contributed by atoms with Crippen LogP contribution in [0, 0.1) is 35.6 Å². The molecule has 21 valence electrons. The average molecular weight is 258 g/mol. The van der Waals surface area contributed by atoms with Crippen LogP contribution >= 0.6 is 18.6 Å². The summed E-state index contributed by atoms with van der Waals surface area (Å²) in [7, 11) is 9.78. The van der Waals surface area contributed by atoms with E-state index >= 15 is 0 Å². The third kappa shape index (κ3) is 8.82. The minimum atomic E-state index is -0.556. The van der Waals surface area contributed by atoms with Crippen molar-refractivity contribution in [2.75, 3.05) is 0 Å². The molecule has 0 aliphatic heterocycles. The summed E-state index contributed by atoms with van der Waals surface area (Å²) >= 11 is -0.556. The van der Waals surface area contributed by atoms with E-state index in [4.69, 9.17) is 18.6 Å². The summed E-state index contributed by atoms with van der Waals surface area (Å²) in [4.78, 5) is 0. The van der Waals surface area contributed by atoms with Crippen molar-refractivity contribution in [3.63, 3.8) is 0 Å². The second-order valence-electron chi connectivity index (χ2n) is 0.0714. The van der Waals surface area contributed by atoms with Crippen LogP contribution in [0.1, 0.15) is 0 Å². The van der Waals surface area contributed by atoms with Gasteiger partial charge in [-0.3, -0.25) is 0 Å². The molecule has 0 aromatic heterocycles. The van der Waals surface area contributed by atoms with Gasteiger partial charge in [-0.25, -0.2) is 0 Å². The summed E-state index contributed by atoms with van der Waals surface area (Å²) in [6.45, 7) is 0. The zero-order chi connectivity index (χ0) is 2.71. The molecule has 0 unspecified atom stereocenters. The predicted molar refractivity (Wildman–Crippen MR) is 11.7 cm³/mol. The van der Waals surface area contributed by atoms with Gasteiger partial charge in [-0.15, -0.1) is 0 Å². The molecule has 4 heavy (non-hydrogen) atoms. The van der Waals surface area contributed by atoms with Gasteiger partial charge >= 0.3 is 35.6 Å². The van der Waals surface area contributed by atoms with Gasteiger partial charge in [0.2, 0.25) is 0 Å². The molecular weight excluding hydrogens is 258 g/mol. The second-order valence-corrected chi connectivity index (χ2v) is 2.65. The summed E-state index contributed by atoms with van der Waals surface area (Å²) in [6, 6.07) is 0. The van der Waals surface area contributed by atoms with Crippen LogP contribution in [0.25, 0.3) is 0 Å².